The predicted molar refractivity (Wildman–Crippen MR) is 158 cm³/mol. The molecule has 0 fully saturated rings. The fourth-order valence-corrected chi connectivity index (χ4v) is 6.34. The van der Waals surface area contributed by atoms with Gasteiger partial charge in [0.25, 0.3) is 0 Å². The van der Waals surface area contributed by atoms with Crippen molar-refractivity contribution in [3.63, 3.8) is 0 Å². The summed E-state index contributed by atoms with van der Waals surface area (Å²) < 4.78 is 0. The molecular formula is C31H25ClN4OS. The number of carbonyl (C=O) groups excluding carboxylic acids is 1. The highest BCUT2D eigenvalue weighted by molar-refractivity contribution is 8.17. The van der Waals surface area contributed by atoms with Crippen molar-refractivity contribution in [1.29, 1.82) is 0 Å². The Hall–Kier alpha value is -3.87. The van der Waals surface area contributed by atoms with E-state index in [1.807, 2.05) is 76.7 Å². The molecule has 1 spiro atoms. The van der Waals surface area contributed by atoms with Crippen molar-refractivity contribution in [2.24, 2.45) is 10.2 Å². The van der Waals surface area contributed by atoms with E-state index in [2.05, 4.69) is 43.3 Å². The van der Waals surface area contributed by atoms with Crippen molar-refractivity contribution in [1.82, 2.24) is 0 Å². The van der Waals surface area contributed by atoms with E-state index in [0.29, 0.717) is 10.1 Å². The van der Waals surface area contributed by atoms with Crippen molar-refractivity contribution in [3.05, 3.63) is 130 Å². The molecule has 1 atom stereocenters. The van der Waals surface area contributed by atoms with Crippen LogP contribution in [0.5, 0.6) is 0 Å². The molecule has 2 aliphatic rings. The van der Waals surface area contributed by atoms with Gasteiger partial charge in [-0.2, -0.15) is 10.2 Å². The van der Waals surface area contributed by atoms with Gasteiger partial charge in [0.05, 0.1) is 17.1 Å². The van der Waals surface area contributed by atoms with E-state index >= 15 is 0 Å². The van der Waals surface area contributed by atoms with Gasteiger partial charge >= 0.3 is 0 Å². The molecule has 4 aromatic carbocycles. The molecular weight excluding hydrogens is 512 g/mol. The number of ketones is 1. The predicted octanol–water partition coefficient (Wildman–Crippen LogP) is 7.44. The smallest absolute Gasteiger partial charge is 0.234 e. The fraction of sp³-hybridized carbons (Fsp3) is 0.129. The Bertz CT molecular complexity index is 1590. The maximum atomic E-state index is 12.8. The van der Waals surface area contributed by atoms with Gasteiger partial charge in [-0.15, -0.1) is 0 Å². The largest absolute Gasteiger partial charge is 0.292 e. The Kier molecular flexibility index (Phi) is 6.30. The molecule has 38 heavy (non-hydrogen) atoms. The summed E-state index contributed by atoms with van der Waals surface area (Å²) in [5.74, 6) is -0.102. The van der Waals surface area contributed by atoms with Crippen LogP contribution in [0.1, 0.15) is 36.1 Å². The lowest BCUT2D eigenvalue weighted by Crippen LogP contribution is -2.54. The molecule has 0 radical (unpaired) electrons. The third kappa shape index (κ3) is 4.01. The zero-order valence-electron chi connectivity index (χ0n) is 21.0. The molecule has 0 bridgehead atoms. The summed E-state index contributed by atoms with van der Waals surface area (Å²) in [5, 5.41) is 15.0. The van der Waals surface area contributed by atoms with Crippen LogP contribution < -0.4 is 10.0 Å². The van der Waals surface area contributed by atoms with Crippen molar-refractivity contribution >= 4 is 51.3 Å². The second-order valence-corrected chi connectivity index (χ2v) is 10.8. The van der Waals surface area contributed by atoms with Crippen molar-refractivity contribution in [3.8, 4) is 0 Å². The Morgan fingerprint density at radius 3 is 2.24 bits per heavy atom. The highest BCUT2D eigenvalue weighted by Gasteiger charge is 2.55. The number of nitrogens with zero attached hydrogens (tertiary/aromatic N) is 4. The van der Waals surface area contributed by atoms with Gasteiger partial charge in [-0.25, -0.2) is 10.0 Å². The number of rotatable bonds is 5. The second-order valence-electron chi connectivity index (χ2n) is 9.16. The van der Waals surface area contributed by atoms with Gasteiger partial charge in [0.1, 0.15) is 0 Å². The second kappa shape index (κ2) is 9.78. The molecule has 0 N–H and O–H groups in total. The third-order valence-electron chi connectivity index (χ3n) is 6.73. The lowest BCUT2D eigenvalue weighted by Gasteiger charge is -2.47. The summed E-state index contributed by atoms with van der Waals surface area (Å²) in [6.45, 7) is 3.70. The van der Waals surface area contributed by atoms with Crippen molar-refractivity contribution in [2.45, 2.75) is 25.3 Å². The first-order valence-corrected chi connectivity index (χ1v) is 13.7. The minimum atomic E-state index is -0.990. The topological polar surface area (TPSA) is 48.3 Å². The summed E-state index contributed by atoms with van der Waals surface area (Å²) in [4.78, 5) is 11.8. The van der Waals surface area contributed by atoms with Crippen LogP contribution in [-0.4, -0.2) is 16.5 Å². The van der Waals surface area contributed by atoms with E-state index in [9.17, 15) is 4.79 Å². The van der Waals surface area contributed by atoms with Crippen LogP contribution in [0.4, 0.5) is 11.4 Å². The summed E-state index contributed by atoms with van der Waals surface area (Å²) in [5.41, 5.74) is 6.78. The molecule has 0 amide bonds. The van der Waals surface area contributed by atoms with E-state index in [1.54, 1.807) is 6.92 Å². The van der Waals surface area contributed by atoms with Crippen LogP contribution in [-0.2, 0) is 16.2 Å². The van der Waals surface area contributed by atoms with Crippen LogP contribution in [0.3, 0.4) is 0 Å². The Morgan fingerprint density at radius 1 is 0.842 bits per heavy atom. The van der Waals surface area contributed by atoms with Gasteiger partial charge < -0.3 is 0 Å². The first-order chi connectivity index (χ1) is 18.5. The molecule has 5 nitrogen and oxygen atoms in total. The number of hydrogen-bond donors (Lipinski definition) is 0. The third-order valence-corrected chi connectivity index (χ3v) is 8.38. The Balaban J connectivity index is 1.65. The number of aryl methyl sites for hydroxylation is 1. The van der Waals surface area contributed by atoms with Crippen LogP contribution in [0, 0.1) is 0 Å². The lowest BCUT2D eigenvalue weighted by molar-refractivity contribution is -0.110. The van der Waals surface area contributed by atoms with Gasteiger partial charge in [-0.3, -0.25) is 4.79 Å². The lowest BCUT2D eigenvalue weighted by atomic mass is 9.92. The van der Waals surface area contributed by atoms with Gasteiger partial charge in [-0.1, -0.05) is 91.3 Å². The molecule has 2 aliphatic heterocycles. The SMILES string of the molecule is CCc1ccc(C2=NN(c3ccccc3)[C@]3(SC(C(C)=O)=NN3c3cccc(Cl)c3)c3ccccc32)cc1. The molecule has 2 heterocycles. The van der Waals surface area contributed by atoms with E-state index in [-0.39, 0.29) is 5.78 Å². The maximum absolute atomic E-state index is 12.8. The molecule has 188 valence electrons. The van der Waals surface area contributed by atoms with E-state index in [4.69, 9.17) is 21.8 Å². The van der Waals surface area contributed by atoms with E-state index < -0.39 is 4.99 Å². The van der Waals surface area contributed by atoms with Crippen LogP contribution in [0.15, 0.2) is 113 Å². The summed E-state index contributed by atoms with van der Waals surface area (Å²) in [7, 11) is 0. The summed E-state index contributed by atoms with van der Waals surface area (Å²) >= 11 is 7.84. The number of thioether (sulfide) groups is 1. The molecule has 0 aliphatic carbocycles. The van der Waals surface area contributed by atoms with Crippen LogP contribution in [0.25, 0.3) is 0 Å². The minimum Gasteiger partial charge on any atom is -0.292 e. The highest BCUT2D eigenvalue weighted by atomic mass is 35.5. The van der Waals surface area contributed by atoms with Gasteiger partial charge in [0.2, 0.25) is 4.99 Å². The summed E-state index contributed by atoms with van der Waals surface area (Å²) in [6, 6.07) is 34.4. The standard InChI is InChI=1S/C31H25ClN4OS/c1-3-22-16-18-23(19-17-22)29-27-14-7-8-15-28(27)31(35(33-29)25-11-5-4-6-12-25)36(34-30(38-31)21(2)37)26-13-9-10-24(32)20-26/h4-20H,3H2,1-2H3/t31-/m1/s1. The number of para-hydroxylation sites is 1. The first-order valence-electron chi connectivity index (χ1n) is 12.5. The van der Waals surface area contributed by atoms with E-state index in [1.165, 1.54) is 17.3 Å². The van der Waals surface area contributed by atoms with Crippen LogP contribution >= 0.6 is 23.4 Å². The molecule has 0 saturated heterocycles. The zero-order chi connectivity index (χ0) is 26.3. The molecule has 0 aromatic heterocycles. The molecule has 0 unspecified atom stereocenters. The van der Waals surface area contributed by atoms with Crippen molar-refractivity contribution in [2.75, 3.05) is 10.0 Å². The average molecular weight is 537 g/mol. The normalized spacial score (nSPS) is 18.3. The quantitative estimate of drug-likeness (QED) is 0.266. The maximum Gasteiger partial charge on any atom is 0.234 e. The monoisotopic (exact) mass is 536 g/mol. The number of hydrogen-bond acceptors (Lipinski definition) is 6. The number of carbonyl (C=O) groups is 1. The molecule has 4 aromatic rings. The first kappa shape index (κ1) is 24.5. The number of halogens is 1. The fourth-order valence-electron chi connectivity index (χ4n) is 4.86. The number of fused-ring (bicyclic) bond motifs is 2. The minimum absolute atomic E-state index is 0.102. The van der Waals surface area contributed by atoms with E-state index in [0.717, 1.165) is 40.2 Å². The zero-order valence-corrected chi connectivity index (χ0v) is 22.6. The highest BCUT2D eigenvalue weighted by Crippen LogP contribution is 2.55. The number of Topliss-reactive ketones (excluding diaryl/α,β-unsaturated/α-hetero) is 1. The Morgan fingerprint density at radius 2 is 1.53 bits per heavy atom. The molecule has 7 heteroatoms. The molecule has 6 rings (SSSR count). The number of hydrazone groups is 2. The van der Waals surface area contributed by atoms with Gasteiger partial charge in [0, 0.05) is 28.6 Å². The summed E-state index contributed by atoms with van der Waals surface area (Å²) in [6.07, 6.45) is 0.971. The number of benzene rings is 4. The number of anilines is 2. The van der Waals surface area contributed by atoms with Crippen LogP contribution in [0.2, 0.25) is 5.02 Å². The molecule has 0 saturated carbocycles. The Labute approximate surface area is 231 Å². The van der Waals surface area contributed by atoms with Gasteiger partial charge in [0.15, 0.2) is 10.8 Å². The van der Waals surface area contributed by atoms with Crippen molar-refractivity contribution < 1.29 is 4.79 Å². The van der Waals surface area contributed by atoms with Gasteiger partial charge in [-0.05, 0) is 54.1 Å². The average Bonchev–Trinajstić information content (AvgIpc) is 3.35.